The minimum atomic E-state index is -0.356. The smallest absolute Gasteiger partial charge is 0.323 e. The molecular formula is C22H23N5O3. The van der Waals surface area contributed by atoms with E-state index in [1.54, 1.807) is 19.2 Å². The predicted molar refractivity (Wildman–Crippen MR) is 116 cm³/mol. The summed E-state index contributed by atoms with van der Waals surface area (Å²) in [6.07, 6.45) is 0. The van der Waals surface area contributed by atoms with Gasteiger partial charge >= 0.3 is 6.03 Å². The second-order valence-electron chi connectivity index (χ2n) is 6.74. The van der Waals surface area contributed by atoms with Crippen LogP contribution in [0, 0.1) is 0 Å². The van der Waals surface area contributed by atoms with Crippen LogP contribution in [0.5, 0.6) is 5.75 Å². The Hall–Kier alpha value is -3.65. The van der Waals surface area contributed by atoms with Gasteiger partial charge in [-0.2, -0.15) is 0 Å². The number of rotatable bonds is 5. The number of amides is 2. The summed E-state index contributed by atoms with van der Waals surface area (Å²) in [4.78, 5) is 14.5. The van der Waals surface area contributed by atoms with Crippen molar-refractivity contribution in [3.05, 3.63) is 60.7 Å². The van der Waals surface area contributed by atoms with Crippen molar-refractivity contribution in [3.63, 3.8) is 0 Å². The van der Waals surface area contributed by atoms with Crippen LogP contribution in [0.2, 0.25) is 0 Å². The number of methoxy groups -OCH3 is 1. The van der Waals surface area contributed by atoms with Gasteiger partial charge in [0.25, 0.3) is 0 Å². The van der Waals surface area contributed by atoms with Gasteiger partial charge in [0, 0.05) is 24.3 Å². The van der Waals surface area contributed by atoms with Crippen LogP contribution in [0.15, 0.2) is 60.7 Å². The second kappa shape index (κ2) is 9.23. The molecule has 0 aliphatic carbocycles. The van der Waals surface area contributed by atoms with Gasteiger partial charge in [-0.15, -0.1) is 10.2 Å². The summed E-state index contributed by atoms with van der Waals surface area (Å²) in [5.41, 5.74) is 2.85. The molecule has 30 heavy (non-hydrogen) atoms. The van der Waals surface area contributed by atoms with E-state index in [1.807, 2.05) is 48.5 Å². The van der Waals surface area contributed by atoms with E-state index in [0.29, 0.717) is 30.3 Å². The molecule has 0 radical (unpaired) electrons. The van der Waals surface area contributed by atoms with Gasteiger partial charge < -0.3 is 25.0 Å². The third-order valence-electron chi connectivity index (χ3n) is 4.76. The molecule has 0 unspecified atom stereocenters. The minimum Gasteiger partial charge on any atom is -0.495 e. The van der Waals surface area contributed by atoms with Crippen molar-refractivity contribution < 1.29 is 14.3 Å². The molecule has 154 valence electrons. The fraction of sp³-hybridized carbons (Fsp3) is 0.227. The lowest BCUT2D eigenvalue weighted by atomic mass is 10.1. The third kappa shape index (κ3) is 4.66. The molecule has 4 rings (SSSR count). The molecule has 1 aliphatic heterocycles. The Morgan fingerprint density at radius 3 is 2.60 bits per heavy atom. The normalized spacial score (nSPS) is 13.6. The van der Waals surface area contributed by atoms with Crippen LogP contribution in [0.1, 0.15) is 0 Å². The molecule has 1 aliphatic rings. The molecule has 0 saturated carbocycles. The van der Waals surface area contributed by atoms with Gasteiger partial charge in [-0.25, -0.2) is 4.79 Å². The summed E-state index contributed by atoms with van der Waals surface area (Å²) in [6.45, 7) is 3.03. The van der Waals surface area contributed by atoms with Crippen LogP contribution in [-0.2, 0) is 4.74 Å². The number of nitrogens with zero attached hydrogens (tertiary/aromatic N) is 3. The average molecular weight is 405 g/mol. The van der Waals surface area contributed by atoms with Crippen LogP contribution in [0.25, 0.3) is 11.3 Å². The number of carbonyl (C=O) groups is 1. The van der Waals surface area contributed by atoms with Crippen molar-refractivity contribution in [2.45, 2.75) is 0 Å². The van der Waals surface area contributed by atoms with Crippen molar-refractivity contribution in [1.82, 2.24) is 10.2 Å². The van der Waals surface area contributed by atoms with E-state index in [1.165, 1.54) is 0 Å². The van der Waals surface area contributed by atoms with E-state index in [0.717, 1.165) is 30.2 Å². The van der Waals surface area contributed by atoms with Gasteiger partial charge in [0.05, 0.1) is 31.7 Å². The number of ether oxygens (including phenoxy) is 2. The maximum atomic E-state index is 12.4. The zero-order chi connectivity index (χ0) is 20.8. The molecule has 2 amide bonds. The van der Waals surface area contributed by atoms with Crippen LogP contribution in [0.3, 0.4) is 0 Å². The molecule has 0 bridgehead atoms. The molecule has 1 fully saturated rings. The Morgan fingerprint density at radius 2 is 1.83 bits per heavy atom. The van der Waals surface area contributed by atoms with Crippen LogP contribution < -0.4 is 20.3 Å². The van der Waals surface area contributed by atoms with E-state index in [9.17, 15) is 4.79 Å². The zero-order valence-electron chi connectivity index (χ0n) is 16.7. The van der Waals surface area contributed by atoms with E-state index < -0.39 is 0 Å². The number of aromatic nitrogens is 2. The molecule has 1 aromatic heterocycles. The predicted octanol–water partition coefficient (Wildman–Crippen LogP) is 3.63. The number of morpholine rings is 1. The van der Waals surface area contributed by atoms with E-state index in [4.69, 9.17) is 9.47 Å². The Kier molecular flexibility index (Phi) is 6.05. The highest BCUT2D eigenvalue weighted by molar-refractivity contribution is 6.01. The van der Waals surface area contributed by atoms with Crippen molar-refractivity contribution in [2.75, 3.05) is 48.9 Å². The van der Waals surface area contributed by atoms with Gasteiger partial charge in [-0.3, -0.25) is 0 Å². The molecular weight excluding hydrogens is 382 g/mol. The monoisotopic (exact) mass is 405 g/mol. The highest BCUT2D eigenvalue weighted by Crippen LogP contribution is 2.25. The third-order valence-corrected chi connectivity index (χ3v) is 4.76. The minimum absolute atomic E-state index is 0.356. The SMILES string of the molecule is COc1ccccc1NC(=O)Nc1cccc(-c2ccc(N3CCOCC3)nn2)c1. The van der Waals surface area contributed by atoms with Crippen LogP contribution in [-0.4, -0.2) is 49.6 Å². The molecule has 8 nitrogen and oxygen atoms in total. The average Bonchev–Trinajstić information content (AvgIpc) is 2.80. The van der Waals surface area contributed by atoms with Gasteiger partial charge in [-0.05, 0) is 36.4 Å². The van der Waals surface area contributed by atoms with E-state index >= 15 is 0 Å². The highest BCUT2D eigenvalue weighted by Gasteiger charge is 2.13. The first-order chi connectivity index (χ1) is 14.7. The Balaban J connectivity index is 1.44. The summed E-state index contributed by atoms with van der Waals surface area (Å²) in [5, 5.41) is 14.3. The topological polar surface area (TPSA) is 88.6 Å². The maximum Gasteiger partial charge on any atom is 0.323 e. The van der Waals surface area contributed by atoms with Crippen molar-refractivity contribution in [1.29, 1.82) is 0 Å². The summed E-state index contributed by atoms with van der Waals surface area (Å²) in [5.74, 6) is 1.43. The van der Waals surface area contributed by atoms with E-state index in [2.05, 4.69) is 25.7 Å². The van der Waals surface area contributed by atoms with Crippen molar-refractivity contribution in [3.8, 4) is 17.0 Å². The summed E-state index contributed by atoms with van der Waals surface area (Å²) in [7, 11) is 1.56. The second-order valence-corrected chi connectivity index (χ2v) is 6.74. The summed E-state index contributed by atoms with van der Waals surface area (Å²) < 4.78 is 10.6. The number of carbonyl (C=O) groups excluding carboxylic acids is 1. The number of anilines is 3. The lowest BCUT2D eigenvalue weighted by molar-refractivity contribution is 0.122. The highest BCUT2D eigenvalue weighted by atomic mass is 16.5. The number of benzene rings is 2. The lowest BCUT2D eigenvalue weighted by Gasteiger charge is -2.27. The zero-order valence-corrected chi connectivity index (χ0v) is 16.7. The number of para-hydroxylation sites is 2. The molecule has 2 N–H and O–H groups in total. The number of hydrogen-bond acceptors (Lipinski definition) is 6. The fourth-order valence-corrected chi connectivity index (χ4v) is 3.23. The number of urea groups is 1. The number of hydrogen-bond donors (Lipinski definition) is 2. The standard InChI is InChI=1S/C22H23N5O3/c1-29-20-8-3-2-7-19(20)24-22(28)23-17-6-4-5-16(15-17)18-9-10-21(26-25-18)27-11-13-30-14-12-27/h2-10,15H,11-14H2,1H3,(H2,23,24,28). The maximum absolute atomic E-state index is 12.4. The molecule has 3 aromatic rings. The van der Waals surface area contributed by atoms with Gasteiger partial charge in [0.1, 0.15) is 5.75 Å². The van der Waals surface area contributed by atoms with Gasteiger partial charge in [0.15, 0.2) is 5.82 Å². The van der Waals surface area contributed by atoms with Crippen molar-refractivity contribution in [2.24, 2.45) is 0 Å². The van der Waals surface area contributed by atoms with Gasteiger partial charge in [0.2, 0.25) is 0 Å². The first-order valence-electron chi connectivity index (χ1n) is 9.71. The van der Waals surface area contributed by atoms with Crippen LogP contribution in [0.4, 0.5) is 22.0 Å². The molecule has 8 heteroatoms. The Labute approximate surface area is 174 Å². The van der Waals surface area contributed by atoms with Crippen molar-refractivity contribution >= 4 is 23.2 Å². The molecule has 1 saturated heterocycles. The van der Waals surface area contributed by atoms with Crippen LogP contribution >= 0.6 is 0 Å². The lowest BCUT2D eigenvalue weighted by Crippen LogP contribution is -2.36. The largest absolute Gasteiger partial charge is 0.495 e. The molecule has 2 aromatic carbocycles. The van der Waals surface area contributed by atoms with Gasteiger partial charge in [-0.1, -0.05) is 24.3 Å². The quantitative estimate of drug-likeness (QED) is 0.674. The van der Waals surface area contributed by atoms with E-state index in [-0.39, 0.29) is 6.03 Å². The Morgan fingerprint density at radius 1 is 1.00 bits per heavy atom. The first kappa shape index (κ1) is 19.7. The molecule has 0 atom stereocenters. The molecule has 0 spiro atoms. The fourth-order valence-electron chi connectivity index (χ4n) is 3.23. The molecule has 2 heterocycles. The number of nitrogens with one attached hydrogen (secondary N) is 2. The Bertz CT molecular complexity index is 1000. The summed E-state index contributed by atoms with van der Waals surface area (Å²) >= 11 is 0. The summed E-state index contributed by atoms with van der Waals surface area (Å²) in [6, 6.07) is 18.3. The first-order valence-corrected chi connectivity index (χ1v) is 9.71.